The van der Waals surface area contributed by atoms with Crippen LogP contribution in [0.15, 0.2) is 24.8 Å². The van der Waals surface area contributed by atoms with Gasteiger partial charge >= 0.3 is 5.69 Å². The van der Waals surface area contributed by atoms with Crippen molar-refractivity contribution in [3.05, 3.63) is 40.7 Å². The molecule has 0 aliphatic rings. The Bertz CT molecular complexity index is 421. The minimum Gasteiger partial charge on any atom is -0.490 e. The van der Waals surface area contributed by atoms with E-state index in [-0.39, 0.29) is 11.4 Å². The third kappa shape index (κ3) is 2.47. The van der Waals surface area contributed by atoms with Gasteiger partial charge in [-0.25, -0.2) is 4.39 Å². The van der Waals surface area contributed by atoms with Crippen LogP contribution in [0.5, 0.6) is 5.75 Å². The molecule has 1 aromatic rings. The second kappa shape index (κ2) is 5.11. The van der Waals surface area contributed by atoms with Crippen LogP contribution in [-0.2, 0) is 0 Å². The van der Waals surface area contributed by atoms with Crippen LogP contribution < -0.4 is 10.1 Å². The summed E-state index contributed by atoms with van der Waals surface area (Å²) >= 11 is 0. The Morgan fingerprint density at radius 3 is 2.88 bits per heavy atom. The molecular formula is C10H11FN2O3. The van der Waals surface area contributed by atoms with Crippen molar-refractivity contribution < 1.29 is 14.1 Å². The topological polar surface area (TPSA) is 64.4 Å². The summed E-state index contributed by atoms with van der Waals surface area (Å²) in [5, 5.41) is 13.3. The molecular weight excluding hydrogens is 215 g/mol. The highest BCUT2D eigenvalue weighted by molar-refractivity contribution is 5.59. The SMILES string of the molecule is C=CCNc1cc(OC)c([N+](=O)[O-])cc1F. The minimum absolute atomic E-state index is 0.0120. The number of halogens is 1. The van der Waals surface area contributed by atoms with E-state index in [4.69, 9.17) is 4.74 Å². The van der Waals surface area contributed by atoms with E-state index in [1.165, 1.54) is 13.2 Å². The summed E-state index contributed by atoms with van der Waals surface area (Å²) in [4.78, 5) is 9.89. The Morgan fingerprint density at radius 1 is 1.69 bits per heavy atom. The number of ether oxygens (including phenoxy) is 1. The molecule has 1 aromatic carbocycles. The van der Waals surface area contributed by atoms with Crippen LogP contribution in [0.4, 0.5) is 15.8 Å². The number of anilines is 1. The molecule has 0 unspecified atom stereocenters. The fourth-order valence-corrected chi connectivity index (χ4v) is 1.17. The summed E-state index contributed by atoms with van der Waals surface area (Å²) in [5.41, 5.74) is -0.258. The molecule has 1 N–H and O–H groups in total. The summed E-state index contributed by atoms with van der Waals surface area (Å²) < 4.78 is 18.2. The average Bonchev–Trinajstić information content (AvgIpc) is 2.26. The van der Waals surface area contributed by atoms with Gasteiger partial charge in [-0.2, -0.15) is 0 Å². The Kier molecular flexibility index (Phi) is 3.82. The number of benzene rings is 1. The van der Waals surface area contributed by atoms with Gasteiger partial charge in [-0.05, 0) is 0 Å². The lowest BCUT2D eigenvalue weighted by Crippen LogP contribution is -2.02. The first-order chi connectivity index (χ1) is 7.60. The Morgan fingerprint density at radius 2 is 2.38 bits per heavy atom. The molecule has 0 heterocycles. The minimum atomic E-state index is -0.700. The molecule has 0 amide bonds. The van der Waals surface area contributed by atoms with Crippen molar-refractivity contribution in [3.63, 3.8) is 0 Å². The van der Waals surface area contributed by atoms with E-state index in [1.807, 2.05) is 0 Å². The predicted molar refractivity (Wildman–Crippen MR) is 58.3 cm³/mol. The van der Waals surface area contributed by atoms with Crippen LogP contribution in [-0.4, -0.2) is 18.6 Å². The van der Waals surface area contributed by atoms with Crippen LogP contribution in [0.3, 0.4) is 0 Å². The van der Waals surface area contributed by atoms with Crippen molar-refractivity contribution in [3.8, 4) is 5.75 Å². The summed E-state index contributed by atoms with van der Waals surface area (Å²) in [5.74, 6) is -0.688. The summed E-state index contributed by atoms with van der Waals surface area (Å²) in [6.45, 7) is 3.83. The van der Waals surface area contributed by atoms with Crippen molar-refractivity contribution in [1.29, 1.82) is 0 Å². The van der Waals surface area contributed by atoms with Crippen molar-refractivity contribution in [1.82, 2.24) is 0 Å². The summed E-state index contributed by atoms with van der Waals surface area (Å²) in [7, 11) is 1.29. The van der Waals surface area contributed by atoms with Gasteiger partial charge in [0.25, 0.3) is 0 Å². The number of nitro groups is 1. The van der Waals surface area contributed by atoms with Crippen LogP contribution in [0.25, 0.3) is 0 Å². The van der Waals surface area contributed by atoms with Gasteiger partial charge in [0.2, 0.25) is 0 Å². The van der Waals surface area contributed by atoms with Crippen molar-refractivity contribution in [2.75, 3.05) is 19.0 Å². The normalized spacial score (nSPS) is 9.62. The maximum atomic E-state index is 13.4. The fourth-order valence-electron chi connectivity index (χ4n) is 1.17. The quantitative estimate of drug-likeness (QED) is 0.475. The molecule has 0 radical (unpaired) electrons. The summed E-state index contributed by atoms with van der Waals surface area (Å²) in [6.07, 6.45) is 1.55. The molecule has 16 heavy (non-hydrogen) atoms. The first-order valence-corrected chi connectivity index (χ1v) is 4.46. The van der Waals surface area contributed by atoms with Crippen molar-refractivity contribution >= 4 is 11.4 Å². The van der Waals surface area contributed by atoms with Crippen LogP contribution in [0, 0.1) is 15.9 Å². The lowest BCUT2D eigenvalue weighted by Gasteiger charge is -2.07. The highest BCUT2D eigenvalue weighted by Crippen LogP contribution is 2.32. The molecule has 0 atom stereocenters. The standard InChI is InChI=1S/C10H11FN2O3/c1-3-4-12-8-6-10(16-2)9(13(14)15)5-7(8)11/h3,5-6,12H,1,4H2,2H3. The van der Waals surface area contributed by atoms with E-state index < -0.39 is 16.4 Å². The molecule has 0 bridgehead atoms. The zero-order chi connectivity index (χ0) is 12.1. The predicted octanol–water partition coefficient (Wildman–Crippen LogP) is 2.34. The maximum absolute atomic E-state index is 13.4. The van der Waals surface area contributed by atoms with E-state index in [1.54, 1.807) is 6.08 Å². The van der Waals surface area contributed by atoms with Gasteiger partial charge in [-0.15, -0.1) is 6.58 Å². The third-order valence-electron chi connectivity index (χ3n) is 1.90. The Balaban J connectivity index is 3.14. The van der Waals surface area contributed by atoms with Gasteiger partial charge in [-0.3, -0.25) is 10.1 Å². The van der Waals surface area contributed by atoms with E-state index in [9.17, 15) is 14.5 Å². The Labute approximate surface area is 91.7 Å². The van der Waals surface area contributed by atoms with E-state index in [0.29, 0.717) is 6.54 Å². The molecule has 0 saturated carbocycles. The first kappa shape index (κ1) is 12.0. The van der Waals surface area contributed by atoms with Gasteiger partial charge in [0, 0.05) is 12.6 Å². The second-order valence-corrected chi connectivity index (χ2v) is 2.93. The lowest BCUT2D eigenvalue weighted by atomic mass is 10.2. The van der Waals surface area contributed by atoms with E-state index >= 15 is 0 Å². The van der Waals surface area contributed by atoms with Gasteiger partial charge in [0.1, 0.15) is 0 Å². The monoisotopic (exact) mass is 226 g/mol. The number of nitrogens with zero attached hydrogens (tertiary/aromatic N) is 1. The fraction of sp³-hybridized carbons (Fsp3) is 0.200. The van der Waals surface area contributed by atoms with Crippen molar-refractivity contribution in [2.45, 2.75) is 0 Å². The molecule has 0 fully saturated rings. The molecule has 86 valence electrons. The number of methoxy groups -OCH3 is 1. The third-order valence-corrected chi connectivity index (χ3v) is 1.90. The summed E-state index contributed by atoms with van der Waals surface area (Å²) in [6, 6.07) is 2.07. The lowest BCUT2D eigenvalue weighted by molar-refractivity contribution is -0.385. The average molecular weight is 226 g/mol. The Hall–Kier alpha value is -2.11. The second-order valence-electron chi connectivity index (χ2n) is 2.93. The molecule has 5 nitrogen and oxygen atoms in total. The molecule has 0 spiro atoms. The van der Waals surface area contributed by atoms with E-state index in [2.05, 4.69) is 11.9 Å². The van der Waals surface area contributed by atoms with E-state index in [0.717, 1.165) is 6.07 Å². The molecule has 0 aliphatic heterocycles. The smallest absolute Gasteiger partial charge is 0.313 e. The van der Waals surface area contributed by atoms with Gasteiger partial charge in [0.15, 0.2) is 11.6 Å². The molecule has 1 rings (SSSR count). The van der Waals surface area contributed by atoms with Gasteiger partial charge in [0.05, 0.1) is 23.8 Å². The zero-order valence-corrected chi connectivity index (χ0v) is 8.70. The van der Waals surface area contributed by atoms with Gasteiger partial charge < -0.3 is 10.1 Å². The number of hydrogen-bond acceptors (Lipinski definition) is 4. The number of nitrogens with one attached hydrogen (secondary N) is 1. The molecule has 6 heteroatoms. The number of rotatable bonds is 5. The first-order valence-electron chi connectivity index (χ1n) is 4.46. The van der Waals surface area contributed by atoms with Crippen molar-refractivity contribution in [2.24, 2.45) is 0 Å². The number of hydrogen-bond donors (Lipinski definition) is 1. The van der Waals surface area contributed by atoms with Crippen LogP contribution in [0.2, 0.25) is 0 Å². The van der Waals surface area contributed by atoms with Crippen LogP contribution >= 0.6 is 0 Å². The molecule has 0 saturated heterocycles. The molecule has 0 aliphatic carbocycles. The van der Waals surface area contributed by atoms with Crippen LogP contribution in [0.1, 0.15) is 0 Å². The largest absolute Gasteiger partial charge is 0.490 e. The zero-order valence-electron chi connectivity index (χ0n) is 8.70. The maximum Gasteiger partial charge on any atom is 0.313 e. The van der Waals surface area contributed by atoms with Gasteiger partial charge in [-0.1, -0.05) is 6.08 Å². The highest BCUT2D eigenvalue weighted by Gasteiger charge is 2.18. The highest BCUT2D eigenvalue weighted by atomic mass is 19.1. The number of nitro benzene ring substituents is 1. The molecule has 0 aromatic heterocycles.